The zero-order valence-electron chi connectivity index (χ0n) is 8.41. The standard InChI is InChI=1S/C11H7F3O3/c12-11(13,14)7-3-1-6(2-4-7)9-8(15)5-17-10(9)16/h1-4,15H,5H2. The third-order valence-electron chi connectivity index (χ3n) is 2.33. The van der Waals surface area contributed by atoms with E-state index in [-0.39, 0.29) is 23.5 Å². The lowest BCUT2D eigenvalue weighted by Gasteiger charge is -2.07. The number of rotatable bonds is 1. The lowest BCUT2D eigenvalue weighted by atomic mass is 10.0. The molecule has 0 spiro atoms. The lowest BCUT2D eigenvalue weighted by molar-refractivity contribution is -0.137. The number of hydrogen-bond donors (Lipinski definition) is 1. The number of alkyl halides is 3. The lowest BCUT2D eigenvalue weighted by Crippen LogP contribution is -2.05. The van der Waals surface area contributed by atoms with Crippen LogP contribution in [0.4, 0.5) is 13.2 Å². The van der Waals surface area contributed by atoms with Crippen LogP contribution in [0.3, 0.4) is 0 Å². The molecule has 0 amide bonds. The Balaban J connectivity index is 2.37. The van der Waals surface area contributed by atoms with E-state index >= 15 is 0 Å². The maximum atomic E-state index is 12.3. The van der Waals surface area contributed by atoms with Crippen LogP contribution in [-0.2, 0) is 15.7 Å². The Morgan fingerprint density at radius 2 is 1.76 bits per heavy atom. The van der Waals surface area contributed by atoms with Gasteiger partial charge < -0.3 is 9.84 Å². The first-order chi connectivity index (χ1) is 7.89. The summed E-state index contributed by atoms with van der Waals surface area (Å²) in [6.07, 6.45) is -4.43. The third kappa shape index (κ3) is 2.11. The molecule has 1 aliphatic heterocycles. The average Bonchev–Trinajstić information content (AvgIpc) is 2.58. The van der Waals surface area contributed by atoms with Gasteiger partial charge in [0.15, 0.2) is 0 Å². The molecule has 0 bridgehead atoms. The molecule has 0 fully saturated rings. The van der Waals surface area contributed by atoms with Gasteiger partial charge in [0.2, 0.25) is 0 Å². The number of aliphatic hydroxyl groups is 1. The van der Waals surface area contributed by atoms with Crippen molar-refractivity contribution in [1.82, 2.24) is 0 Å². The average molecular weight is 244 g/mol. The van der Waals surface area contributed by atoms with Gasteiger partial charge in [0.05, 0.1) is 5.56 Å². The minimum atomic E-state index is -4.43. The van der Waals surface area contributed by atoms with E-state index in [0.717, 1.165) is 24.3 Å². The SMILES string of the molecule is O=C1OCC(O)=C1c1ccc(C(F)(F)F)cc1. The number of carbonyl (C=O) groups excluding carboxylic acids is 1. The molecule has 6 heteroatoms. The molecule has 0 saturated heterocycles. The zero-order valence-corrected chi connectivity index (χ0v) is 8.41. The number of cyclic esters (lactones) is 1. The Bertz CT molecular complexity index is 486. The third-order valence-corrected chi connectivity index (χ3v) is 2.33. The van der Waals surface area contributed by atoms with Crippen molar-refractivity contribution in [2.24, 2.45) is 0 Å². The van der Waals surface area contributed by atoms with Gasteiger partial charge in [-0.2, -0.15) is 13.2 Å². The molecule has 0 aliphatic carbocycles. The van der Waals surface area contributed by atoms with Gasteiger partial charge in [-0.1, -0.05) is 12.1 Å². The van der Waals surface area contributed by atoms with Crippen molar-refractivity contribution in [1.29, 1.82) is 0 Å². The smallest absolute Gasteiger partial charge is 0.416 e. The van der Waals surface area contributed by atoms with Gasteiger partial charge in [0, 0.05) is 0 Å². The van der Waals surface area contributed by atoms with Gasteiger partial charge in [0.25, 0.3) is 0 Å². The van der Waals surface area contributed by atoms with Crippen molar-refractivity contribution in [3.05, 3.63) is 41.2 Å². The van der Waals surface area contributed by atoms with E-state index in [1.165, 1.54) is 0 Å². The van der Waals surface area contributed by atoms with E-state index in [0.29, 0.717) is 0 Å². The molecule has 0 aromatic heterocycles. The van der Waals surface area contributed by atoms with Crippen molar-refractivity contribution in [3.8, 4) is 0 Å². The summed E-state index contributed by atoms with van der Waals surface area (Å²) in [6, 6.07) is 3.95. The highest BCUT2D eigenvalue weighted by Crippen LogP contribution is 2.31. The van der Waals surface area contributed by atoms with E-state index < -0.39 is 17.7 Å². The molecule has 0 radical (unpaired) electrons. The second-order valence-corrected chi connectivity index (χ2v) is 3.47. The van der Waals surface area contributed by atoms with Crippen molar-refractivity contribution in [2.45, 2.75) is 6.18 Å². The van der Waals surface area contributed by atoms with Crippen LogP contribution < -0.4 is 0 Å². The summed E-state index contributed by atoms with van der Waals surface area (Å²) in [5, 5.41) is 9.35. The fourth-order valence-electron chi connectivity index (χ4n) is 1.51. The monoisotopic (exact) mass is 244 g/mol. The number of carbonyl (C=O) groups is 1. The molecule has 17 heavy (non-hydrogen) atoms. The fraction of sp³-hybridized carbons (Fsp3) is 0.182. The minimum absolute atomic E-state index is 0.0845. The molecule has 1 N–H and O–H groups in total. The van der Waals surface area contributed by atoms with Gasteiger partial charge in [0.1, 0.15) is 17.9 Å². The molecule has 0 unspecified atom stereocenters. The van der Waals surface area contributed by atoms with Crippen LogP contribution in [-0.4, -0.2) is 17.7 Å². The number of ether oxygens (including phenoxy) is 1. The number of aliphatic hydroxyl groups excluding tert-OH is 1. The molecule has 2 rings (SSSR count). The molecule has 3 nitrogen and oxygen atoms in total. The topological polar surface area (TPSA) is 46.5 Å². The van der Waals surface area contributed by atoms with Crippen LogP contribution in [0, 0.1) is 0 Å². The molecular weight excluding hydrogens is 237 g/mol. The summed E-state index contributed by atoms with van der Waals surface area (Å²) >= 11 is 0. The quantitative estimate of drug-likeness (QED) is 0.772. The summed E-state index contributed by atoms with van der Waals surface area (Å²) in [5.41, 5.74) is -0.690. The molecular formula is C11H7F3O3. The number of hydrogen-bond acceptors (Lipinski definition) is 3. The Kier molecular flexibility index (Phi) is 2.57. The highest BCUT2D eigenvalue weighted by molar-refractivity contribution is 6.18. The van der Waals surface area contributed by atoms with E-state index in [2.05, 4.69) is 4.74 Å². The maximum absolute atomic E-state index is 12.3. The van der Waals surface area contributed by atoms with Gasteiger partial charge in [-0.3, -0.25) is 0 Å². The van der Waals surface area contributed by atoms with E-state index in [1.54, 1.807) is 0 Å². The minimum Gasteiger partial charge on any atom is -0.508 e. The molecule has 1 aromatic carbocycles. The zero-order chi connectivity index (χ0) is 12.6. The van der Waals surface area contributed by atoms with E-state index in [9.17, 15) is 23.1 Å². The van der Waals surface area contributed by atoms with Crippen LogP contribution in [0.1, 0.15) is 11.1 Å². The second-order valence-electron chi connectivity index (χ2n) is 3.47. The van der Waals surface area contributed by atoms with Gasteiger partial charge in [-0.05, 0) is 17.7 Å². The van der Waals surface area contributed by atoms with Crippen molar-refractivity contribution in [2.75, 3.05) is 6.61 Å². The molecule has 90 valence electrons. The first-order valence-corrected chi connectivity index (χ1v) is 4.66. The van der Waals surface area contributed by atoms with E-state index in [4.69, 9.17) is 0 Å². The Labute approximate surface area is 94.1 Å². The second kappa shape index (κ2) is 3.80. The van der Waals surface area contributed by atoms with Crippen LogP contribution in [0.2, 0.25) is 0 Å². The predicted molar refractivity (Wildman–Crippen MR) is 52.0 cm³/mol. The predicted octanol–water partition coefficient (Wildman–Crippen LogP) is 2.53. The maximum Gasteiger partial charge on any atom is 0.416 e. The van der Waals surface area contributed by atoms with Crippen LogP contribution in [0.5, 0.6) is 0 Å². The number of halogens is 3. The summed E-state index contributed by atoms with van der Waals surface area (Å²) in [5.74, 6) is -1.00. The van der Waals surface area contributed by atoms with Crippen molar-refractivity contribution >= 4 is 11.5 Å². The van der Waals surface area contributed by atoms with Crippen LogP contribution >= 0.6 is 0 Å². The first-order valence-electron chi connectivity index (χ1n) is 4.66. The van der Waals surface area contributed by atoms with Gasteiger partial charge >= 0.3 is 12.1 Å². The highest BCUT2D eigenvalue weighted by atomic mass is 19.4. The summed E-state index contributed by atoms with van der Waals surface area (Å²) in [4.78, 5) is 11.2. The molecule has 1 aromatic rings. The summed E-state index contributed by atoms with van der Waals surface area (Å²) in [7, 11) is 0. The van der Waals surface area contributed by atoms with Crippen molar-refractivity contribution in [3.63, 3.8) is 0 Å². The normalized spacial score (nSPS) is 16.3. The van der Waals surface area contributed by atoms with Crippen LogP contribution in [0.25, 0.3) is 5.57 Å². The summed E-state index contributed by atoms with van der Waals surface area (Å²) in [6.45, 7) is -0.241. The Morgan fingerprint density at radius 1 is 1.18 bits per heavy atom. The Morgan fingerprint density at radius 3 is 2.18 bits per heavy atom. The van der Waals surface area contributed by atoms with Gasteiger partial charge in [-0.15, -0.1) is 0 Å². The van der Waals surface area contributed by atoms with Crippen LogP contribution in [0.15, 0.2) is 30.0 Å². The van der Waals surface area contributed by atoms with Gasteiger partial charge in [-0.25, -0.2) is 4.79 Å². The van der Waals surface area contributed by atoms with Crippen molar-refractivity contribution < 1.29 is 27.8 Å². The number of benzene rings is 1. The Hall–Kier alpha value is -1.98. The van der Waals surface area contributed by atoms with E-state index in [1.807, 2.05) is 0 Å². The largest absolute Gasteiger partial charge is 0.508 e. The summed E-state index contributed by atoms with van der Waals surface area (Å²) < 4.78 is 41.4. The molecule has 1 heterocycles. The molecule has 1 aliphatic rings. The first kappa shape index (κ1) is 11.5. The molecule has 0 atom stereocenters. The highest BCUT2D eigenvalue weighted by Gasteiger charge is 2.31. The fourth-order valence-corrected chi connectivity index (χ4v) is 1.51. The number of esters is 1. The molecule has 0 saturated carbocycles.